The van der Waals surface area contributed by atoms with Crippen LogP contribution in [0.3, 0.4) is 0 Å². The Balaban J connectivity index is 1.36. The van der Waals surface area contributed by atoms with E-state index in [0.717, 1.165) is 54.7 Å². The van der Waals surface area contributed by atoms with E-state index >= 15 is 0 Å². The van der Waals surface area contributed by atoms with Crippen LogP contribution in [0.25, 0.3) is 0 Å². The van der Waals surface area contributed by atoms with E-state index in [1.54, 1.807) is 0 Å². The van der Waals surface area contributed by atoms with Crippen LogP contribution in [-0.4, -0.2) is 55.6 Å². The second-order valence-corrected chi connectivity index (χ2v) is 9.68. The zero-order chi connectivity index (χ0) is 23.8. The summed E-state index contributed by atoms with van der Waals surface area (Å²) >= 11 is 5.93. The predicted molar refractivity (Wildman–Crippen MR) is 140 cm³/mol. The second kappa shape index (κ2) is 12.2. The number of piperidine rings is 1. The summed E-state index contributed by atoms with van der Waals surface area (Å²) in [5.74, 6) is 1.09. The molecule has 34 heavy (non-hydrogen) atoms. The highest BCUT2D eigenvalue weighted by molar-refractivity contribution is 6.30. The third-order valence-corrected chi connectivity index (χ3v) is 6.70. The number of amides is 1. The minimum atomic E-state index is -0.0568. The zero-order valence-corrected chi connectivity index (χ0v) is 20.7. The van der Waals surface area contributed by atoms with Crippen LogP contribution in [0.4, 0.5) is 5.69 Å². The maximum Gasteiger partial charge on any atom is 0.251 e. The normalized spacial score (nSPS) is 21.2. The van der Waals surface area contributed by atoms with Gasteiger partial charge in [0.1, 0.15) is 5.82 Å². The van der Waals surface area contributed by atoms with E-state index in [1.165, 1.54) is 19.3 Å². The van der Waals surface area contributed by atoms with Gasteiger partial charge >= 0.3 is 0 Å². The first-order valence-corrected chi connectivity index (χ1v) is 12.8. The number of anilines is 1. The lowest BCUT2D eigenvalue weighted by Crippen LogP contribution is -2.50. The molecular formula is C27H36ClN5O. The van der Waals surface area contributed by atoms with E-state index in [4.69, 9.17) is 11.6 Å². The summed E-state index contributed by atoms with van der Waals surface area (Å²) in [5, 5.41) is 14.5. The molecule has 6 nitrogen and oxygen atoms in total. The van der Waals surface area contributed by atoms with Gasteiger partial charge in [-0.15, -0.1) is 0 Å². The lowest BCUT2D eigenvalue weighted by molar-refractivity contribution is 0.0954. The monoisotopic (exact) mass is 481 g/mol. The fraction of sp³-hybridized carbons (Fsp3) is 0.444. The first kappa shape index (κ1) is 24.6. The zero-order valence-electron chi connectivity index (χ0n) is 19.9. The van der Waals surface area contributed by atoms with Crippen molar-refractivity contribution in [3.8, 4) is 0 Å². The number of carbonyl (C=O) groups is 1. The van der Waals surface area contributed by atoms with Crippen molar-refractivity contribution in [2.45, 2.75) is 44.7 Å². The standard InChI is InChI=1S/C27H36ClN5O/c1-20-19-33(17-16-29-20)26(18-25-4-2-3-14-30-25)32-24-11-7-22(8-12-24)27(34)31-15-13-21-5-9-23(28)10-6-21/h5-12,18,20,25,29-30,32H,2-4,13-17,19H2,1H3,(H,31,34)/t20-,25?/m0/s1. The first-order valence-electron chi connectivity index (χ1n) is 12.4. The Morgan fingerprint density at radius 2 is 1.88 bits per heavy atom. The van der Waals surface area contributed by atoms with Crippen molar-refractivity contribution < 1.29 is 4.79 Å². The Labute approximate surface area is 208 Å². The molecule has 4 N–H and O–H groups in total. The molecule has 0 aliphatic carbocycles. The number of hydrogen-bond donors (Lipinski definition) is 4. The van der Waals surface area contributed by atoms with E-state index in [-0.39, 0.29) is 5.91 Å². The summed E-state index contributed by atoms with van der Waals surface area (Å²) in [7, 11) is 0. The summed E-state index contributed by atoms with van der Waals surface area (Å²) < 4.78 is 0. The average Bonchev–Trinajstić information content (AvgIpc) is 2.86. The molecule has 1 amide bonds. The fourth-order valence-electron chi connectivity index (χ4n) is 4.52. The number of nitrogens with zero attached hydrogens (tertiary/aromatic N) is 1. The number of rotatable bonds is 8. The summed E-state index contributed by atoms with van der Waals surface area (Å²) in [6, 6.07) is 16.3. The van der Waals surface area contributed by atoms with E-state index < -0.39 is 0 Å². The Bertz CT molecular complexity index is 954. The van der Waals surface area contributed by atoms with Crippen LogP contribution in [0.1, 0.15) is 42.1 Å². The van der Waals surface area contributed by atoms with Crippen LogP contribution < -0.4 is 21.3 Å². The molecule has 2 atom stereocenters. The van der Waals surface area contributed by atoms with Crippen molar-refractivity contribution in [3.63, 3.8) is 0 Å². The number of halogens is 1. The molecule has 2 aromatic rings. The van der Waals surface area contributed by atoms with Crippen LogP contribution in [-0.2, 0) is 6.42 Å². The van der Waals surface area contributed by atoms with Gasteiger partial charge < -0.3 is 26.2 Å². The van der Waals surface area contributed by atoms with E-state index in [2.05, 4.69) is 39.2 Å². The Hall–Kier alpha value is -2.54. The minimum Gasteiger partial charge on any atom is -0.356 e. The van der Waals surface area contributed by atoms with Crippen LogP contribution in [0.2, 0.25) is 5.02 Å². The van der Waals surface area contributed by atoms with Crippen LogP contribution in [0.15, 0.2) is 60.4 Å². The second-order valence-electron chi connectivity index (χ2n) is 9.24. The van der Waals surface area contributed by atoms with Crippen LogP contribution in [0, 0.1) is 0 Å². The van der Waals surface area contributed by atoms with Gasteiger partial charge in [-0.2, -0.15) is 0 Å². The summed E-state index contributed by atoms with van der Waals surface area (Å²) in [6.45, 7) is 6.82. The SMILES string of the molecule is C[C@H]1CN(C(=CC2CCCCN2)Nc2ccc(C(=O)NCCc3ccc(Cl)cc3)cc2)CCN1. The van der Waals surface area contributed by atoms with E-state index in [1.807, 2.05) is 48.5 Å². The number of carbonyl (C=O) groups excluding carboxylic acids is 1. The molecule has 2 aliphatic rings. The van der Waals surface area contributed by atoms with Gasteiger partial charge in [0.25, 0.3) is 5.91 Å². The van der Waals surface area contributed by atoms with Gasteiger partial charge in [0.15, 0.2) is 0 Å². The maximum absolute atomic E-state index is 12.6. The molecule has 0 spiro atoms. The number of piperazine rings is 1. The number of benzene rings is 2. The fourth-order valence-corrected chi connectivity index (χ4v) is 4.64. The smallest absolute Gasteiger partial charge is 0.251 e. The van der Waals surface area contributed by atoms with E-state index in [0.29, 0.717) is 24.2 Å². The van der Waals surface area contributed by atoms with Crippen LogP contribution >= 0.6 is 11.6 Å². The van der Waals surface area contributed by atoms with Gasteiger partial charge in [-0.25, -0.2) is 0 Å². The number of hydrogen-bond acceptors (Lipinski definition) is 5. The van der Waals surface area contributed by atoms with Crippen molar-refractivity contribution in [2.75, 3.05) is 38.0 Å². The first-order chi connectivity index (χ1) is 16.6. The summed E-state index contributed by atoms with van der Waals surface area (Å²) in [4.78, 5) is 15.0. The minimum absolute atomic E-state index is 0.0568. The molecule has 0 saturated carbocycles. The van der Waals surface area contributed by atoms with E-state index in [9.17, 15) is 4.79 Å². The van der Waals surface area contributed by atoms with Gasteiger partial charge in [0.2, 0.25) is 0 Å². The molecule has 0 aromatic heterocycles. The Morgan fingerprint density at radius 3 is 2.59 bits per heavy atom. The lowest BCUT2D eigenvalue weighted by atomic mass is 10.0. The highest BCUT2D eigenvalue weighted by Crippen LogP contribution is 2.19. The van der Waals surface area contributed by atoms with Gasteiger partial charge in [0, 0.05) is 54.5 Å². The van der Waals surface area contributed by atoms with Crippen molar-refractivity contribution in [1.29, 1.82) is 0 Å². The third-order valence-electron chi connectivity index (χ3n) is 6.45. The molecule has 2 fully saturated rings. The van der Waals surface area contributed by atoms with Crippen molar-refractivity contribution >= 4 is 23.2 Å². The number of nitrogens with one attached hydrogen (secondary N) is 4. The molecule has 2 saturated heterocycles. The van der Waals surface area contributed by atoms with Gasteiger partial charge in [0.05, 0.1) is 0 Å². The lowest BCUT2D eigenvalue weighted by Gasteiger charge is -2.36. The third kappa shape index (κ3) is 7.23. The Morgan fingerprint density at radius 1 is 1.09 bits per heavy atom. The topological polar surface area (TPSA) is 68.4 Å². The predicted octanol–water partition coefficient (Wildman–Crippen LogP) is 4.00. The highest BCUT2D eigenvalue weighted by atomic mass is 35.5. The largest absolute Gasteiger partial charge is 0.356 e. The molecule has 0 radical (unpaired) electrons. The van der Waals surface area contributed by atoms with Gasteiger partial charge in [-0.3, -0.25) is 4.79 Å². The molecule has 4 rings (SSSR count). The Kier molecular flexibility index (Phi) is 8.85. The molecule has 2 aliphatic heterocycles. The average molecular weight is 482 g/mol. The molecular weight excluding hydrogens is 446 g/mol. The summed E-state index contributed by atoms with van der Waals surface area (Å²) in [6.07, 6.45) is 6.80. The van der Waals surface area contributed by atoms with Gasteiger partial charge in [-0.05, 0) is 80.8 Å². The summed E-state index contributed by atoms with van der Waals surface area (Å²) in [5.41, 5.74) is 2.81. The van der Waals surface area contributed by atoms with Crippen molar-refractivity contribution in [3.05, 3.63) is 76.6 Å². The molecule has 2 aromatic carbocycles. The molecule has 7 heteroatoms. The quantitative estimate of drug-likeness (QED) is 0.459. The van der Waals surface area contributed by atoms with Crippen molar-refractivity contribution in [2.24, 2.45) is 0 Å². The maximum atomic E-state index is 12.6. The molecule has 2 heterocycles. The highest BCUT2D eigenvalue weighted by Gasteiger charge is 2.20. The van der Waals surface area contributed by atoms with Crippen molar-refractivity contribution in [1.82, 2.24) is 20.9 Å². The van der Waals surface area contributed by atoms with Gasteiger partial charge in [-0.1, -0.05) is 30.2 Å². The van der Waals surface area contributed by atoms with Crippen LogP contribution in [0.5, 0.6) is 0 Å². The molecule has 1 unspecified atom stereocenters. The molecule has 0 bridgehead atoms. The molecule has 182 valence electrons.